The highest BCUT2D eigenvalue weighted by Gasteiger charge is 2.41. The van der Waals surface area contributed by atoms with Crippen LogP contribution in [0.15, 0.2) is 72.9 Å². The molecule has 0 unspecified atom stereocenters. The summed E-state index contributed by atoms with van der Waals surface area (Å²) in [4.78, 5) is 19.5. The van der Waals surface area contributed by atoms with Crippen molar-refractivity contribution in [2.24, 2.45) is 0 Å². The van der Waals surface area contributed by atoms with Gasteiger partial charge in [-0.1, -0.05) is 23.7 Å². The first kappa shape index (κ1) is 26.8. The van der Waals surface area contributed by atoms with Crippen molar-refractivity contribution in [2.75, 3.05) is 11.9 Å². The zero-order valence-electron chi connectivity index (χ0n) is 21.9. The van der Waals surface area contributed by atoms with E-state index in [0.717, 1.165) is 33.9 Å². The number of nitrogens with zero attached hydrogens (tertiary/aromatic N) is 3. The van der Waals surface area contributed by atoms with Gasteiger partial charge in [-0.25, -0.2) is 4.39 Å². The molecule has 3 heterocycles. The molecule has 2 aromatic heterocycles. The number of hydrogen-bond acceptors (Lipinski definition) is 3. The first-order valence-electron chi connectivity index (χ1n) is 12.7. The second-order valence-corrected chi connectivity index (χ2v) is 10.5. The number of benzene rings is 2. The third-order valence-electron chi connectivity index (χ3n) is 7.11. The van der Waals surface area contributed by atoms with E-state index < -0.39 is 0 Å². The van der Waals surface area contributed by atoms with Crippen LogP contribution >= 0.6 is 23.8 Å². The molecule has 2 aromatic carbocycles. The van der Waals surface area contributed by atoms with Crippen LogP contribution in [0.1, 0.15) is 46.7 Å². The van der Waals surface area contributed by atoms with Crippen LogP contribution in [-0.4, -0.2) is 32.0 Å². The van der Waals surface area contributed by atoms with Crippen molar-refractivity contribution in [3.63, 3.8) is 0 Å². The van der Waals surface area contributed by atoms with Gasteiger partial charge in [0.2, 0.25) is 5.91 Å². The number of aryl methyl sites for hydroxylation is 2. The van der Waals surface area contributed by atoms with Crippen LogP contribution in [0.5, 0.6) is 0 Å². The maximum atomic E-state index is 13.3. The van der Waals surface area contributed by atoms with Crippen molar-refractivity contribution in [1.29, 1.82) is 0 Å². The lowest BCUT2D eigenvalue weighted by Crippen LogP contribution is -2.32. The van der Waals surface area contributed by atoms with Gasteiger partial charge in [0, 0.05) is 46.9 Å². The van der Waals surface area contributed by atoms with Gasteiger partial charge in [-0.3, -0.25) is 9.78 Å². The Morgan fingerprint density at radius 3 is 2.59 bits per heavy atom. The Morgan fingerprint density at radius 1 is 1.10 bits per heavy atom. The third-order valence-corrected chi connectivity index (χ3v) is 7.69. The number of halogens is 2. The monoisotopic (exact) mass is 561 g/mol. The van der Waals surface area contributed by atoms with E-state index in [4.69, 9.17) is 23.8 Å². The predicted molar refractivity (Wildman–Crippen MR) is 157 cm³/mol. The largest absolute Gasteiger partial charge is 0.352 e. The normalized spacial score (nSPS) is 16.8. The fourth-order valence-corrected chi connectivity index (χ4v) is 5.74. The van der Waals surface area contributed by atoms with Crippen LogP contribution in [0.3, 0.4) is 0 Å². The standard InChI is InChI=1S/C30H29ClFN5OS/c1-18-7-8-21(31)17-26(18)37-19(2)16-24(20(37)3)29-28(25-6-4-5-14-33-25)35-30(39)36(29)15-13-27(38)34-23-11-9-22(32)10-12-23/h4-12,14,16-17,28-29H,13,15H2,1-3H3,(H,34,38)(H,35,39)/t28-,29+/m0/s1. The molecule has 1 saturated heterocycles. The number of carbonyl (C=O) groups is 1. The minimum absolute atomic E-state index is 0.176. The van der Waals surface area contributed by atoms with E-state index in [1.165, 1.54) is 12.1 Å². The van der Waals surface area contributed by atoms with Crippen LogP contribution in [0.2, 0.25) is 5.02 Å². The van der Waals surface area contributed by atoms with Crippen molar-refractivity contribution >= 4 is 40.5 Å². The summed E-state index contributed by atoms with van der Waals surface area (Å²) in [5.74, 6) is -0.528. The molecule has 0 aliphatic carbocycles. The van der Waals surface area contributed by atoms with Crippen LogP contribution < -0.4 is 10.6 Å². The van der Waals surface area contributed by atoms with Crippen molar-refractivity contribution in [3.8, 4) is 5.69 Å². The number of rotatable bonds is 7. The Kier molecular flexibility index (Phi) is 7.68. The lowest BCUT2D eigenvalue weighted by molar-refractivity contribution is -0.116. The third kappa shape index (κ3) is 5.53. The number of carbonyl (C=O) groups excluding carboxylic acids is 1. The second kappa shape index (κ2) is 11.2. The molecule has 9 heteroatoms. The SMILES string of the molecule is Cc1ccc(Cl)cc1-n1c(C)cc([C@@H]2[C@H](c3ccccn3)NC(=S)N2CCC(=O)Nc2ccc(F)cc2)c1C. The quantitative estimate of drug-likeness (QED) is 0.249. The van der Waals surface area contributed by atoms with Crippen molar-refractivity contribution in [1.82, 2.24) is 19.8 Å². The van der Waals surface area contributed by atoms with Gasteiger partial charge in [0.25, 0.3) is 0 Å². The van der Waals surface area contributed by atoms with E-state index in [2.05, 4.69) is 51.9 Å². The maximum Gasteiger partial charge on any atom is 0.226 e. The zero-order chi connectivity index (χ0) is 27.7. The van der Waals surface area contributed by atoms with Crippen LogP contribution in [-0.2, 0) is 4.79 Å². The average molecular weight is 562 g/mol. The summed E-state index contributed by atoms with van der Waals surface area (Å²) in [5, 5.41) is 7.53. The number of amides is 1. The molecule has 200 valence electrons. The number of aromatic nitrogens is 2. The van der Waals surface area contributed by atoms with E-state index in [1.807, 2.05) is 36.4 Å². The molecule has 5 rings (SSSR count). The maximum absolute atomic E-state index is 13.3. The molecule has 1 aliphatic heterocycles. The number of nitrogens with one attached hydrogen (secondary N) is 2. The van der Waals surface area contributed by atoms with Crippen molar-refractivity contribution < 1.29 is 9.18 Å². The van der Waals surface area contributed by atoms with Gasteiger partial charge >= 0.3 is 0 Å². The molecule has 6 nitrogen and oxygen atoms in total. The van der Waals surface area contributed by atoms with Crippen LogP contribution in [0, 0.1) is 26.6 Å². The van der Waals surface area contributed by atoms with E-state index in [-0.39, 0.29) is 30.2 Å². The Hall–Kier alpha value is -3.75. The number of thiocarbonyl (C=S) groups is 1. The highest BCUT2D eigenvalue weighted by Crippen LogP contribution is 2.41. The fourth-order valence-electron chi connectivity index (χ4n) is 5.24. The van der Waals surface area contributed by atoms with Gasteiger partial charge in [-0.15, -0.1) is 0 Å². The van der Waals surface area contributed by atoms with Crippen LogP contribution in [0.4, 0.5) is 10.1 Å². The minimum Gasteiger partial charge on any atom is -0.352 e. The molecule has 1 amide bonds. The highest BCUT2D eigenvalue weighted by molar-refractivity contribution is 7.80. The number of pyridine rings is 1. The summed E-state index contributed by atoms with van der Waals surface area (Å²) >= 11 is 12.2. The zero-order valence-corrected chi connectivity index (χ0v) is 23.5. The summed E-state index contributed by atoms with van der Waals surface area (Å²) in [6.07, 6.45) is 1.98. The van der Waals surface area contributed by atoms with E-state index >= 15 is 0 Å². The molecule has 0 saturated carbocycles. The Bertz CT molecular complexity index is 1520. The molecule has 2 atom stereocenters. The summed E-state index contributed by atoms with van der Waals surface area (Å²) in [6, 6.07) is 19.2. The van der Waals surface area contributed by atoms with Crippen molar-refractivity contribution in [3.05, 3.63) is 112 Å². The summed E-state index contributed by atoms with van der Waals surface area (Å²) < 4.78 is 15.5. The topological polar surface area (TPSA) is 62.2 Å². The first-order chi connectivity index (χ1) is 18.7. The molecule has 1 fully saturated rings. The van der Waals surface area contributed by atoms with Crippen molar-refractivity contribution in [2.45, 2.75) is 39.3 Å². The Labute approximate surface area is 237 Å². The molecule has 39 heavy (non-hydrogen) atoms. The predicted octanol–water partition coefficient (Wildman–Crippen LogP) is 6.59. The Morgan fingerprint density at radius 2 is 1.87 bits per heavy atom. The van der Waals surface area contributed by atoms with E-state index in [9.17, 15) is 9.18 Å². The fraction of sp³-hybridized carbons (Fsp3) is 0.233. The van der Waals surface area contributed by atoms with Gasteiger partial charge in [0.15, 0.2) is 5.11 Å². The molecular weight excluding hydrogens is 533 g/mol. The highest BCUT2D eigenvalue weighted by atomic mass is 35.5. The minimum atomic E-state index is -0.351. The summed E-state index contributed by atoms with van der Waals surface area (Å²) in [6.45, 7) is 6.64. The molecule has 1 aliphatic rings. The summed E-state index contributed by atoms with van der Waals surface area (Å²) in [7, 11) is 0. The summed E-state index contributed by atoms with van der Waals surface area (Å²) in [5.41, 5.74) is 6.78. The smallest absolute Gasteiger partial charge is 0.226 e. The Balaban J connectivity index is 1.48. The van der Waals surface area contributed by atoms with E-state index in [1.54, 1.807) is 18.3 Å². The lowest BCUT2D eigenvalue weighted by atomic mass is 9.96. The van der Waals surface area contributed by atoms with Crippen LogP contribution in [0.25, 0.3) is 5.69 Å². The van der Waals surface area contributed by atoms with Gasteiger partial charge in [0.05, 0.1) is 17.8 Å². The average Bonchev–Trinajstić information content (AvgIpc) is 3.40. The van der Waals surface area contributed by atoms with E-state index in [0.29, 0.717) is 22.4 Å². The molecule has 0 bridgehead atoms. The molecular formula is C30H29ClFN5OS. The molecule has 2 N–H and O–H groups in total. The molecule has 0 radical (unpaired) electrons. The molecule has 0 spiro atoms. The number of anilines is 1. The van der Waals surface area contributed by atoms with Gasteiger partial charge < -0.3 is 20.1 Å². The van der Waals surface area contributed by atoms with Gasteiger partial charge in [-0.05, 0) is 98.7 Å². The van der Waals surface area contributed by atoms with Gasteiger partial charge in [-0.2, -0.15) is 0 Å². The molecule has 4 aromatic rings. The second-order valence-electron chi connectivity index (χ2n) is 9.72. The first-order valence-corrected chi connectivity index (χ1v) is 13.5. The van der Waals surface area contributed by atoms with Gasteiger partial charge in [0.1, 0.15) is 5.82 Å². The number of hydrogen-bond donors (Lipinski definition) is 2. The lowest BCUT2D eigenvalue weighted by Gasteiger charge is -2.28.